The van der Waals surface area contributed by atoms with Crippen molar-refractivity contribution in [2.24, 2.45) is 0 Å². The zero-order chi connectivity index (χ0) is 12.3. The Morgan fingerprint density at radius 1 is 1.00 bits per heavy atom. The summed E-state index contributed by atoms with van der Waals surface area (Å²) in [6, 6.07) is 8.58. The maximum atomic E-state index is 8.64. The van der Waals surface area contributed by atoms with E-state index in [1.807, 2.05) is 0 Å². The van der Waals surface area contributed by atoms with Crippen LogP contribution in [0.3, 0.4) is 0 Å². The van der Waals surface area contributed by atoms with Crippen molar-refractivity contribution in [1.29, 1.82) is 0 Å². The van der Waals surface area contributed by atoms with Gasteiger partial charge in [-0.15, -0.1) is 0 Å². The Bertz CT molecular complexity index is 299. The fourth-order valence-corrected chi connectivity index (χ4v) is 1.95. The summed E-state index contributed by atoms with van der Waals surface area (Å²) in [4.78, 5) is 0. The molecule has 0 fully saturated rings. The van der Waals surface area contributed by atoms with Gasteiger partial charge in [-0.1, -0.05) is 37.1 Å². The van der Waals surface area contributed by atoms with Crippen LogP contribution in [0.2, 0.25) is 0 Å². The molecule has 0 aliphatic rings. The summed E-state index contributed by atoms with van der Waals surface area (Å²) in [5.41, 5.74) is 2.83. The average Bonchev–Trinajstić information content (AvgIpc) is 2.35. The van der Waals surface area contributed by atoms with E-state index in [1.165, 1.54) is 24.0 Å². The minimum atomic E-state index is 0.334. The predicted octanol–water partition coefficient (Wildman–Crippen LogP) is 2.68. The fraction of sp³-hybridized carbons (Fsp3) is 0.600. The van der Waals surface area contributed by atoms with Gasteiger partial charge < -0.3 is 10.4 Å². The van der Waals surface area contributed by atoms with Crippen molar-refractivity contribution in [3.05, 3.63) is 35.4 Å². The highest BCUT2D eigenvalue weighted by molar-refractivity contribution is 5.25. The number of hydrogen-bond acceptors (Lipinski definition) is 2. The van der Waals surface area contributed by atoms with Crippen LogP contribution in [-0.4, -0.2) is 24.8 Å². The van der Waals surface area contributed by atoms with Crippen molar-refractivity contribution in [3.8, 4) is 0 Å². The minimum absolute atomic E-state index is 0.334. The van der Waals surface area contributed by atoms with Crippen LogP contribution in [0.5, 0.6) is 0 Å². The smallest absolute Gasteiger partial charge is 0.0431 e. The monoisotopic (exact) mass is 235 g/mol. The second-order valence-electron chi connectivity index (χ2n) is 4.56. The van der Waals surface area contributed by atoms with Crippen LogP contribution in [0.4, 0.5) is 0 Å². The van der Waals surface area contributed by atoms with Gasteiger partial charge in [0.25, 0.3) is 0 Å². The zero-order valence-electron chi connectivity index (χ0n) is 10.9. The zero-order valence-corrected chi connectivity index (χ0v) is 10.9. The Labute approximate surface area is 105 Å². The van der Waals surface area contributed by atoms with Gasteiger partial charge in [0.05, 0.1) is 0 Å². The normalized spacial score (nSPS) is 10.7. The van der Waals surface area contributed by atoms with E-state index in [2.05, 4.69) is 36.5 Å². The second-order valence-corrected chi connectivity index (χ2v) is 4.56. The molecule has 0 unspecified atom stereocenters. The van der Waals surface area contributed by atoms with Crippen molar-refractivity contribution < 1.29 is 5.11 Å². The van der Waals surface area contributed by atoms with Crippen molar-refractivity contribution in [2.45, 2.75) is 39.0 Å². The first kappa shape index (κ1) is 14.2. The molecule has 0 heterocycles. The third-order valence-electron chi connectivity index (χ3n) is 3.09. The molecule has 0 saturated heterocycles. The lowest BCUT2D eigenvalue weighted by Crippen LogP contribution is -2.18. The summed E-state index contributed by atoms with van der Waals surface area (Å²) in [7, 11) is 0. The molecule has 0 aliphatic heterocycles. The van der Waals surface area contributed by atoms with E-state index >= 15 is 0 Å². The van der Waals surface area contributed by atoms with Crippen molar-refractivity contribution >= 4 is 0 Å². The van der Waals surface area contributed by atoms with Gasteiger partial charge >= 0.3 is 0 Å². The molecule has 0 spiro atoms. The summed E-state index contributed by atoms with van der Waals surface area (Å²) in [5.74, 6) is 0. The highest BCUT2D eigenvalue weighted by Crippen LogP contribution is 2.06. The molecule has 1 aromatic carbocycles. The lowest BCUT2D eigenvalue weighted by molar-refractivity contribution is 0.282. The molecule has 1 aromatic rings. The lowest BCUT2D eigenvalue weighted by atomic mass is 10.1. The van der Waals surface area contributed by atoms with Crippen LogP contribution in [0.15, 0.2) is 24.3 Å². The van der Waals surface area contributed by atoms with Gasteiger partial charge in [-0.3, -0.25) is 0 Å². The topological polar surface area (TPSA) is 32.3 Å². The van der Waals surface area contributed by atoms with E-state index in [1.54, 1.807) is 0 Å². The van der Waals surface area contributed by atoms with Crippen LogP contribution in [0.25, 0.3) is 0 Å². The molecule has 0 aliphatic carbocycles. The van der Waals surface area contributed by atoms with Gasteiger partial charge in [0.1, 0.15) is 0 Å². The molecule has 96 valence electrons. The van der Waals surface area contributed by atoms with E-state index in [0.717, 1.165) is 32.4 Å². The molecule has 0 aromatic heterocycles. The van der Waals surface area contributed by atoms with E-state index in [4.69, 9.17) is 5.11 Å². The maximum Gasteiger partial charge on any atom is 0.0431 e. The number of aliphatic hydroxyl groups is 1. The Hall–Kier alpha value is -0.860. The van der Waals surface area contributed by atoms with Gasteiger partial charge in [-0.2, -0.15) is 0 Å². The molecule has 2 heteroatoms. The highest BCUT2D eigenvalue weighted by atomic mass is 16.2. The SMILES string of the molecule is Cc1ccccc1CCNCCCCCCO. The van der Waals surface area contributed by atoms with E-state index in [-0.39, 0.29) is 0 Å². The average molecular weight is 235 g/mol. The van der Waals surface area contributed by atoms with Gasteiger partial charge in [0.15, 0.2) is 0 Å². The number of benzene rings is 1. The summed E-state index contributed by atoms with van der Waals surface area (Å²) in [5, 5.41) is 12.1. The molecular weight excluding hydrogens is 210 g/mol. The molecule has 0 saturated carbocycles. The first-order valence-corrected chi connectivity index (χ1v) is 6.70. The predicted molar refractivity (Wildman–Crippen MR) is 73.3 cm³/mol. The van der Waals surface area contributed by atoms with Gasteiger partial charge in [0.2, 0.25) is 0 Å². The van der Waals surface area contributed by atoms with E-state index in [9.17, 15) is 0 Å². The summed E-state index contributed by atoms with van der Waals surface area (Å²) in [6.07, 6.45) is 5.65. The van der Waals surface area contributed by atoms with Crippen LogP contribution >= 0.6 is 0 Å². The number of aryl methyl sites for hydroxylation is 1. The van der Waals surface area contributed by atoms with Gasteiger partial charge in [0, 0.05) is 6.61 Å². The second kappa shape index (κ2) is 9.20. The maximum absolute atomic E-state index is 8.64. The third-order valence-corrected chi connectivity index (χ3v) is 3.09. The Morgan fingerprint density at radius 3 is 2.53 bits per heavy atom. The highest BCUT2D eigenvalue weighted by Gasteiger charge is 1.96. The largest absolute Gasteiger partial charge is 0.396 e. The first-order valence-electron chi connectivity index (χ1n) is 6.70. The molecule has 0 radical (unpaired) electrons. The fourth-order valence-electron chi connectivity index (χ4n) is 1.95. The third kappa shape index (κ3) is 6.44. The Morgan fingerprint density at radius 2 is 1.76 bits per heavy atom. The summed E-state index contributed by atoms with van der Waals surface area (Å²) >= 11 is 0. The van der Waals surface area contributed by atoms with E-state index in [0.29, 0.717) is 6.61 Å². The number of hydrogen-bond donors (Lipinski definition) is 2. The van der Waals surface area contributed by atoms with E-state index < -0.39 is 0 Å². The lowest BCUT2D eigenvalue weighted by Gasteiger charge is -2.07. The molecule has 0 atom stereocenters. The number of aliphatic hydroxyl groups excluding tert-OH is 1. The van der Waals surface area contributed by atoms with Crippen LogP contribution in [0.1, 0.15) is 36.8 Å². The van der Waals surface area contributed by atoms with Crippen LogP contribution in [0, 0.1) is 6.92 Å². The number of unbranched alkanes of at least 4 members (excludes halogenated alkanes) is 3. The molecule has 2 nitrogen and oxygen atoms in total. The molecular formula is C15H25NO. The number of nitrogens with one attached hydrogen (secondary N) is 1. The van der Waals surface area contributed by atoms with Gasteiger partial charge in [-0.25, -0.2) is 0 Å². The quantitative estimate of drug-likeness (QED) is 0.645. The minimum Gasteiger partial charge on any atom is -0.396 e. The first-order chi connectivity index (χ1) is 8.34. The van der Waals surface area contributed by atoms with Crippen LogP contribution in [-0.2, 0) is 6.42 Å². The molecule has 0 amide bonds. The van der Waals surface area contributed by atoms with Gasteiger partial charge in [-0.05, 0) is 50.4 Å². The van der Waals surface area contributed by atoms with Crippen molar-refractivity contribution in [1.82, 2.24) is 5.32 Å². The Kier molecular flexibility index (Phi) is 7.69. The molecule has 17 heavy (non-hydrogen) atoms. The molecule has 0 bridgehead atoms. The van der Waals surface area contributed by atoms with Crippen molar-refractivity contribution in [2.75, 3.05) is 19.7 Å². The summed E-state index contributed by atoms with van der Waals surface area (Å²) in [6.45, 7) is 4.66. The van der Waals surface area contributed by atoms with Crippen molar-refractivity contribution in [3.63, 3.8) is 0 Å². The number of rotatable bonds is 9. The van der Waals surface area contributed by atoms with Crippen LogP contribution < -0.4 is 5.32 Å². The Balaban J connectivity index is 1.99. The molecule has 2 N–H and O–H groups in total. The summed E-state index contributed by atoms with van der Waals surface area (Å²) < 4.78 is 0. The standard InChI is InChI=1S/C15H25NO/c1-14-8-4-5-9-15(14)10-12-16-11-6-2-3-7-13-17/h4-5,8-9,16-17H,2-3,6-7,10-13H2,1H3. The molecule has 1 rings (SSSR count).